The molecule has 0 aliphatic carbocycles. The van der Waals surface area contributed by atoms with E-state index in [-0.39, 0.29) is 6.47 Å². The monoisotopic (exact) mass is 262 g/mol. The van der Waals surface area contributed by atoms with Crippen molar-refractivity contribution in [2.45, 2.75) is 22.9 Å². The van der Waals surface area contributed by atoms with Gasteiger partial charge in [-0.3, -0.25) is 4.79 Å². The summed E-state index contributed by atoms with van der Waals surface area (Å²) in [4.78, 5) is 20.6. The summed E-state index contributed by atoms with van der Waals surface area (Å²) in [6, 6.07) is -1.50. The largest absolute Gasteiger partial charge is 0.458 e. The molecule has 0 radical (unpaired) electrons. The molecule has 0 saturated heterocycles. The topological polar surface area (TPSA) is 81.4 Å². The van der Waals surface area contributed by atoms with Crippen molar-refractivity contribution in [1.29, 1.82) is 0 Å². The van der Waals surface area contributed by atoms with E-state index in [1.807, 2.05) is 0 Å². The van der Waals surface area contributed by atoms with E-state index in [1.54, 1.807) is 0 Å². The van der Waals surface area contributed by atoms with Gasteiger partial charge in [0.2, 0.25) is 3.79 Å². The van der Waals surface area contributed by atoms with Gasteiger partial charge < -0.3 is 15.8 Å². The van der Waals surface area contributed by atoms with Crippen LogP contribution in [0.5, 0.6) is 0 Å². The van der Waals surface area contributed by atoms with Gasteiger partial charge in [-0.25, -0.2) is 4.79 Å². The Morgan fingerprint density at radius 3 is 2.36 bits per heavy atom. The summed E-state index contributed by atoms with van der Waals surface area (Å²) in [7, 11) is 0. The third kappa shape index (κ3) is 4.74. The number of alkyl halides is 3. The number of carbonyl (C=O) groups excluding carboxylic acids is 2. The number of hydrogen-bond acceptors (Lipinski definition) is 3. The molecule has 0 fully saturated rings. The quantitative estimate of drug-likeness (QED) is 0.585. The molecule has 3 N–H and O–H groups in total. The van der Waals surface area contributed by atoms with Crippen LogP contribution in [0.2, 0.25) is 0 Å². The maximum Gasteiger partial charge on any atom is 0.312 e. The average Bonchev–Trinajstić information content (AvgIpc) is 1.96. The number of halogens is 3. The number of rotatable bonds is 4. The Labute approximate surface area is 95.8 Å². The molecular formula is C6H9Cl3N2O3. The Kier molecular flexibility index (Phi) is 5.33. The first-order chi connectivity index (χ1) is 6.29. The smallest absolute Gasteiger partial charge is 0.312 e. The van der Waals surface area contributed by atoms with Crippen molar-refractivity contribution in [3.05, 3.63) is 0 Å². The molecule has 0 saturated carbocycles. The predicted octanol–water partition coefficient (Wildman–Crippen LogP) is 0.955. The molecule has 5 nitrogen and oxygen atoms in total. The van der Waals surface area contributed by atoms with Crippen LogP contribution in [0.3, 0.4) is 0 Å². The van der Waals surface area contributed by atoms with Crippen LogP contribution in [0, 0.1) is 0 Å². The van der Waals surface area contributed by atoms with Crippen LogP contribution in [0.15, 0.2) is 0 Å². The third-order valence-corrected chi connectivity index (χ3v) is 1.99. The zero-order chi connectivity index (χ0) is 11.4. The molecule has 0 aromatic carbocycles. The molecule has 82 valence electrons. The van der Waals surface area contributed by atoms with Gasteiger partial charge >= 0.3 is 6.03 Å². The van der Waals surface area contributed by atoms with Crippen molar-refractivity contribution in [3.8, 4) is 0 Å². The summed E-state index contributed by atoms with van der Waals surface area (Å²) < 4.78 is 2.69. The molecule has 14 heavy (non-hydrogen) atoms. The second-order valence-electron chi connectivity index (χ2n) is 2.49. The highest BCUT2D eigenvalue weighted by Crippen LogP contribution is 2.33. The lowest BCUT2D eigenvalue weighted by Gasteiger charge is -2.27. The lowest BCUT2D eigenvalue weighted by Crippen LogP contribution is -2.50. The molecule has 2 unspecified atom stereocenters. The summed E-state index contributed by atoms with van der Waals surface area (Å²) in [6.45, 7) is 1.62. The number of primary amides is 1. The number of ether oxygens (including phenoxy) is 1. The molecule has 0 heterocycles. The summed E-state index contributed by atoms with van der Waals surface area (Å²) in [5.74, 6) is 0. The number of hydrogen-bond donors (Lipinski definition) is 2. The number of carbonyl (C=O) groups is 2. The number of urea groups is 1. The van der Waals surface area contributed by atoms with Gasteiger partial charge in [0, 0.05) is 0 Å². The fraction of sp³-hybridized carbons (Fsp3) is 0.667. The molecule has 2 atom stereocenters. The van der Waals surface area contributed by atoms with Crippen molar-refractivity contribution < 1.29 is 14.3 Å². The highest BCUT2D eigenvalue weighted by atomic mass is 35.6. The van der Waals surface area contributed by atoms with Gasteiger partial charge in [-0.05, 0) is 6.92 Å². The van der Waals surface area contributed by atoms with Crippen LogP contribution in [-0.4, -0.2) is 28.4 Å². The molecular weight excluding hydrogens is 254 g/mol. The van der Waals surface area contributed by atoms with Gasteiger partial charge in [-0.15, -0.1) is 0 Å². The van der Waals surface area contributed by atoms with Crippen LogP contribution in [-0.2, 0) is 9.53 Å². The van der Waals surface area contributed by atoms with E-state index in [2.05, 4.69) is 10.1 Å². The predicted molar refractivity (Wildman–Crippen MR) is 53.4 cm³/mol. The molecule has 0 rings (SSSR count). The Morgan fingerprint density at radius 1 is 1.57 bits per heavy atom. The molecule has 0 aliphatic heterocycles. The maximum atomic E-state index is 10.5. The fourth-order valence-corrected chi connectivity index (χ4v) is 1.56. The number of amides is 2. The zero-order valence-electron chi connectivity index (χ0n) is 7.17. The second kappa shape index (κ2) is 5.48. The van der Waals surface area contributed by atoms with Crippen LogP contribution in [0.1, 0.15) is 6.92 Å². The van der Waals surface area contributed by atoms with E-state index in [4.69, 9.17) is 40.5 Å². The van der Waals surface area contributed by atoms with Crippen LogP contribution in [0.4, 0.5) is 4.79 Å². The van der Waals surface area contributed by atoms with E-state index in [0.29, 0.717) is 0 Å². The van der Waals surface area contributed by atoms with Gasteiger partial charge in [-0.2, -0.15) is 0 Å². The molecule has 0 spiro atoms. The van der Waals surface area contributed by atoms with Gasteiger partial charge in [0.25, 0.3) is 6.47 Å². The lowest BCUT2D eigenvalue weighted by molar-refractivity contribution is -0.134. The Bertz CT molecular complexity index is 219. The first-order valence-electron chi connectivity index (χ1n) is 3.50. The van der Waals surface area contributed by atoms with Crippen LogP contribution >= 0.6 is 34.8 Å². The van der Waals surface area contributed by atoms with Gasteiger partial charge in [-0.1, -0.05) is 34.8 Å². The highest BCUT2D eigenvalue weighted by molar-refractivity contribution is 6.68. The van der Waals surface area contributed by atoms with Crippen LogP contribution in [0.25, 0.3) is 0 Å². The zero-order valence-corrected chi connectivity index (χ0v) is 9.44. The Morgan fingerprint density at radius 2 is 2.07 bits per heavy atom. The average molecular weight is 264 g/mol. The van der Waals surface area contributed by atoms with Crippen molar-refractivity contribution in [2.24, 2.45) is 5.73 Å². The third-order valence-electron chi connectivity index (χ3n) is 1.35. The Hall–Kier alpha value is -0.390. The van der Waals surface area contributed by atoms with Gasteiger partial charge in [0.15, 0.2) is 6.10 Å². The van der Waals surface area contributed by atoms with Crippen LogP contribution < -0.4 is 11.1 Å². The first-order valence-corrected chi connectivity index (χ1v) is 4.64. The molecule has 0 aromatic heterocycles. The van der Waals surface area contributed by atoms with Gasteiger partial charge in [0.1, 0.15) is 0 Å². The molecule has 0 aromatic rings. The SMILES string of the molecule is CC(NC(N)=O)C(OC=O)C(Cl)(Cl)Cl. The molecule has 0 aliphatic rings. The highest BCUT2D eigenvalue weighted by Gasteiger charge is 2.39. The summed E-state index contributed by atoms with van der Waals surface area (Å²) in [5.41, 5.74) is 4.85. The second-order valence-corrected chi connectivity index (χ2v) is 4.86. The minimum atomic E-state index is -1.83. The van der Waals surface area contributed by atoms with E-state index in [1.165, 1.54) is 6.92 Å². The minimum absolute atomic E-state index is 0.131. The number of nitrogens with two attached hydrogens (primary N) is 1. The molecule has 8 heteroatoms. The van der Waals surface area contributed by atoms with Crippen molar-refractivity contribution in [3.63, 3.8) is 0 Å². The first kappa shape index (κ1) is 13.6. The fourth-order valence-electron chi connectivity index (χ4n) is 0.838. The van der Waals surface area contributed by atoms with Crippen molar-refractivity contribution in [1.82, 2.24) is 5.32 Å². The summed E-state index contributed by atoms with van der Waals surface area (Å²) in [5, 5.41) is 2.24. The summed E-state index contributed by atoms with van der Waals surface area (Å²) in [6.07, 6.45) is -1.10. The van der Waals surface area contributed by atoms with E-state index in [9.17, 15) is 9.59 Å². The molecule has 0 bridgehead atoms. The summed E-state index contributed by atoms with van der Waals surface area (Å²) >= 11 is 16.5. The lowest BCUT2D eigenvalue weighted by atomic mass is 10.2. The Balaban J connectivity index is 4.48. The van der Waals surface area contributed by atoms with Crippen molar-refractivity contribution >= 4 is 47.3 Å². The standard InChI is InChI=1S/C6H9Cl3N2O3/c1-3(11-5(10)13)4(14-2-12)6(7,8)9/h2-4H,1H3,(H3,10,11,13). The minimum Gasteiger partial charge on any atom is -0.458 e. The van der Waals surface area contributed by atoms with Crippen molar-refractivity contribution in [2.75, 3.05) is 0 Å². The number of nitrogens with one attached hydrogen (secondary N) is 1. The maximum absolute atomic E-state index is 10.5. The van der Waals surface area contributed by atoms with E-state index in [0.717, 1.165) is 0 Å². The normalized spacial score (nSPS) is 15.4. The van der Waals surface area contributed by atoms with E-state index >= 15 is 0 Å². The van der Waals surface area contributed by atoms with Gasteiger partial charge in [0.05, 0.1) is 6.04 Å². The molecule has 2 amide bonds. The van der Waals surface area contributed by atoms with E-state index < -0.39 is 22.0 Å².